The number of rotatable bonds is 7. The maximum Gasteiger partial charge on any atom is 0.337 e. The Balaban J connectivity index is 2.06. The number of esters is 1. The molecule has 2 aromatic rings. The van der Waals surface area contributed by atoms with E-state index in [1.54, 1.807) is 12.1 Å². The van der Waals surface area contributed by atoms with E-state index < -0.39 is 0 Å². The molecule has 0 saturated carbocycles. The number of anilines is 1. The number of thioether (sulfide) groups is 1. The second-order valence-corrected chi connectivity index (χ2v) is 5.81. The Kier molecular flexibility index (Phi) is 6.05. The highest BCUT2D eigenvalue weighted by molar-refractivity contribution is 8.00. The van der Waals surface area contributed by atoms with Crippen molar-refractivity contribution in [1.29, 1.82) is 0 Å². The number of amides is 1. The van der Waals surface area contributed by atoms with E-state index in [0.29, 0.717) is 12.1 Å². The van der Waals surface area contributed by atoms with Gasteiger partial charge in [0.25, 0.3) is 0 Å². The lowest BCUT2D eigenvalue weighted by atomic mass is 10.1. The molecule has 0 spiro atoms. The van der Waals surface area contributed by atoms with Crippen molar-refractivity contribution in [2.75, 3.05) is 18.2 Å². The zero-order valence-electron chi connectivity index (χ0n) is 12.7. The highest BCUT2D eigenvalue weighted by Gasteiger charge is 2.07. The van der Waals surface area contributed by atoms with Crippen LogP contribution in [0.2, 0.25) is 0 Å². The van der Waals surface area contributed by atoms with Crippen LogP contribution in [0.3, 0.4) is 0 Å². The van der Waals surface area contributed by atoms with Crippen molar-refractivity contribution >= 4 is 29.3 Å². The van der Waals surface area contributed by atoms with Crippen LogP contribution < -0.4 is 11.1 Å². The van der Waals surface area contributed by atoms with Crippen LogP contribution in [-0.4, -0.2) is 24.7 Å². The van der Waals surface area contributed by atoms with Crippen LogP contribution in [0.1, 0.15) is 15.9 Å². The van der Waals surface area contributed by atoms with Crippen LogP contribution in [0.15, 0.2) is 53.4 Å². The second kappa shape index (κ2) is 8.24. The summed E-state index contributed by atoms with van der Waals surface area (Å²) in [5, 5.41) is 3.31. The largest absolute Gasteiger partial charge is 0.465 e. The molecule has 120 valence electrons. The van der Waals surface area contributed by atoms with E-state index in [1.807, 2.05) is 36.4 Å². The molecule has 5 nitrogen and oxygen atoms in total. The molecule has 6 heteroatoms. The smallest absolute Gasteiger partial charge is 0.337 e. The zero-order valence-corrected chi connectivity index (χ0v) is 13.6. The molecule has 0 aliphatic carbocycles. The van der Waals surface area contributed by atoms with E-state index >= 15 is 0 Å². The third-order valence-corrected chi connectivity index (χ3v) is 4.18. The first kappa shape index (κ1) is 16.9. The van der Waals surface area contributed by atoms with Crippen molar-refractivity contribution in [3.63, 3.8) is 0 Å². The quantitative estimate of drug-likeness (QED) is 0.602. The monoisotopic (exact) mass is 330 g/mol. The number of carbonyl (C=O) groups excluding carboxylic acids is 2. The molecule has 0 aliphatic rings. The minimum absolute atomic E-state index is 0.233. The van der Waals surface area contributed by atoms with E-state index in [-0.39, 0.29) is 17.6 Å². The van der Waals surface area contributed by atoms with Gasteiger partial charge in [0.05, 0.1) is 18.4 Å². The van der Waals surface area contributed by atoms with Crippen LogP contribution in [-0.2, 0) is 16.1 Å². The van der Waals surface area contributed by atoms with Crippen LogP contribution >= 0.6 is 11.8 Å². The van der Waals surface area contributed by atoms with Gasteiger partial charge in [0.1, 0.15) is 0 Å². The average Bonchev–Trinajstić information content (AvgIpc) is 2.58. The standard InChI is InChI=1S/C17H18N2O3S/c1-22-17(21)13-6-4-5-12(9-13)10-19-14-7-2-3-8-15(14)23-11-16(18)20/h2-9,19H,10-11H2,1H3,(H2,18,20). The summed E-state index contributed by atoms with van der Waals surface area (Å²) in [5.41, 5.74) is 7.59. The number of benzene rings is 2. The van der Waals surface area contributed by atoms with Gasteiger partial charge < -0.3 is 15.8 Å². The topological polar surface area (TPSA) is 81.4 Å². The fraction of sp³-hybridized carbons (Fsp3) is 0.176. The van der Waals surface area contributed by atoms with Crippen LogP contribution in [0.4, 0.5) is 5.69 Å². The van der Waals surface area contributed by atoms with Crippen molar-refractivity contribution in [2.45, 2.75) is 11.4 Å². The number of hydrogen-bond acceptors (Lipinski definition) is 5. The van der Waals surface area contributed by atoms with Gasteiger partial charge in [0.2, 0.25) is 5.91 Å². The molecule has 0 radical (unpaired) electrons. The fourth-order valence-corrected chi connectivity index (χ4v) is 2.78. The Morgan fingerprint density at radius 1 is 1.17 bits per heavy atom. The van der Waals surface area contributed by atoms with Crippen molar-refractivity contribution < 1.29 is 14.3 Å². The first-order valence-corrected chi connectivity index (χ1v) is 8.00. The molecule has 0 aromatic heterocycles. The normalized spacial score (nSPS) is 10.1. The first-order chi connectivity index (χ1) is 11.1. The molecule has 1 amide bonds. The van der Waals surface area contributed by atoms with Crippen LogP contribution in [0, 0.1) is 0 Å². The highest BCUT2D eigenvalue weighted by atomic mass is 32.2. The number of hydrogen-bond donors (Lipinski definition) is 2. The average molecular weight is 330 g/mol. The Hall–Kier alpha value is -2.47. The number of nitrogens with two attached hydrogens (primary N) is 1. The van der Waals surface area contributed by atoms with Crippen LogP contribution in [0.25, 0.3) is 0 Å². The molecule has 23 heavy (non-hydrogen) atoms. The summed E-state index contributed by atoms with van der Waals surface area (Å²) in [6.07, 6.45) is 0. The lowest BCUT2D eigenvalue weighted by molar-refractivity contribution is -0.115. The van der Waals surface area contributed by atoms with Gasteiger partial charge in [-0.1, -0.05) is 24.3 Å². The fourth-order valence-electron chi connectivity index (χ4n) is 2.01. The third kappa shape index (κ3) is 5.03. The van der Waals surface area contributed by atoms with Crippen LogP contribution in [0.5, 0.6) is 0 Å². The number of carbonyl (C=O) groups is 2. The number of nitrogens with one attached hydrogen (secondary N) is 1. The summed E-state index contributed by atoms with van der Waals surface area (Å²) < 4.78 is 4.72. The first-order valence-electron chi connectivity index (χ1n) is 7.01. The van der Waals surface area contributed by atoms with Gasteiger partial charge in [-0.05, 0) is 29.8 Å². The van der Waals surface area contributed by atoms with E-state index in [1.165, 1.54) is 18.9 Å². The van der Waals surface area contributed by atoms with Gasteiger partial charge in [-0.25, -0.2) is 4.79 Å². The summed E-state index contributed by atoms with van der Waals surface area (Å²) >= 11 is 1.39. The molecule has 0 bridgehead atoms. The molecule has 0 heterocycles. The van der Waals surface area contributed by atoms with Gasteiger partial charge in [0.15, 0.2) is 0 Å². The summed E-state index contributed by atoms with van der Waals surface area (Å²) in [5.74, 6) is -0.476. The summed E-state index contributed by atoms with van der Waals surface area (Å²) in [6.45, 7) is 0.555. The number of methoxy groups -OCH3 is 1. The molecule has 0 saturated heterocycles. The zero-order chi connectivity index (χ0) is 16.7. The Morgan fingerprint density at radius 2 is 1.96 bits per heavy atom. The van der Waals surface area contributed by atoms with Gasteiger partial charge >= 0.3 is 5.97 Å². The van der Waals surface area contributed by atoms with Gasteiger partial charge in [-0.15, -0.1) is 11.8 Å². The van der Waals surface area contributed by atoms with Gasteiger partial charge in [-0.2, -0.15) is 0 Å². The van der Waals surface area contributed by atoms with E-state index in [4.69, 9.17) is 10.5 Å². The highest BCUT2D eigenvalue weighted by Crippen LogP contribution is 2.27. The molecule has 0 aliphatic heterocycles. The molecule has 0 atom stereocenters. The molecular weight excluding hydrogens is 312 g/mol. The number of primary amides is 1. The van der Waals surface area contributed by atoms with Gasteiger partial charge in [-0.3, -0.25) is 4.79 Å². The Labute approximate surface area is 139 Å². The van der Waals surface area contributed by atoms with E-state index in [0.717, 1.165) is 16.1 Å². The third-order valence-electron chi connectivity index (χ3n) is 3.09. The predicted octanol–water partition coefficient (Wildman–Crippen LogP) is 2.66. The predicted molar refractivity (Wildman–Crippen MR) is 91.5 cm³/mol. The molecule has 3 N–H and O–H groups in total. The maximum absolute atomic E-state index is 11.6. The summed E-state index contributed by atoms with van der Waals surface area (Å²) in [4.78, 5) is 23.4. The Bertz CT molecular complexity index is 704. The molecular formula is C17H18N2O3S. The minimum atomic E-state index is -0.357. The SMILES string of the molecule is COC(=O)c1cccc(CNc2ccccc2SCC(N)=O)c1. The lowest BCUT2D eigenvalue weighted by Gasteiger charge is -2.11. The summed E-state index contributed by atoms with van der Waals surface area (Å²) in [6, 6.07) is 14.9. The molecule has 2 aromatic carbocycles. The lowest BCUT2D eigenvalue weighted by Crippen LogP contribution is -2.13. The second-order valence-electron chi connectivity index (χ2n) is 4.80. The molecule has 0 fully saturated rings. The minimum Gasteiger partial charge on any atom is -0.465 e. The molecule has 0 unspecified atom stereocenters. The number of para-hydroxylation sites is 1. The Morgan fingerprint density at radius 3 is 2.70 bits per heavy atom. The number of ether oxygens (including phenoxy) is 1. The maximum atomic E-state index is 11.6. The molecule has 2 rings (SSSR count). The van der Waals surface area contributed by atoms with Crippen molar-refractivity contribution in [3.8, 4) is 0 Å². The summed E-state index contributed by atoms with van der Waals surface area (Å²) in [7, 11) is 1.36. The van der Waals surface area contributed by atoms with E-state index in [2.05, 4.69) is 5.32 Å². The van der Waals surface area contributed by atoms with Crippen molar-refractivity contribution in [2.24, 2.45) is 5.73 Å². The van der Waals surface area contributed by atoms with E-state index in [9.17, 15) is 9.59 Å². The van der Waals surface area contributed by atoms with Crippen molar-refractivity contribution in [3.05, 3.63) is 59.7 Å². The van der Waals surface area contributed by atoms with Gasteiger partial charge in [0, 0.05) is 17.1 Å². The van der Waals surface area contributed by atoms with Crippen molar-refractivity contribution in [1.82, 2.24) is 0 Å².